The van der Waals surface area contributed by atoms with Crippen LogP contribution >= 0.6 is 0 Å². The second-order valence-electron chi connectivity index (χ2n) is 11.8. The standard InChI is InChI=1S/C41H28O/c1-41(2)36-24-29(15-17-32(36)33-20-26-11-6-7-12-27(26)23-37(33)41)31-19-30-13-8-14-39-40(30)35(22-31)34-21-28(16-18-38(34)42-39)25-9-4-3-5-10-25/h3-24H,1-2H3/i3D,4D,5D,9D,10D. The molecule has 1 heteroatoms. The topological polar surface area (TPSA) is 9.23 Å². The molecule has 42 heavy (non-hydrogen) atoms. The van der Waals surface area contributed by atoms with Crippen LogP contribution in [0.5, 0.6) is 11.5 Å². The molecule has 0 spiro atoms. The lowest BCUT2D eigenvalue weighted by molar-refractivity contribution is 0.487. The van der Waals surface area contributed by atoms with Crippen molar-refractivity contribution in [3.8, 4) is 56.0 Å². The highest BCUT2D eigenvalue weighted by molar-refractivity contribution is 6.07. The van der Waals surface area contributed by atoms with Gasteiger partial charge in [0.15, 0.2) is 0 Å². The van der Waals surface area contributed by atoms with Crippen molar-refractivity contribution in [1.82, 2.24) is 0 Å². The summed E-state index contributed by atoms with van der Waals surface area (Å²) in [6.07, 6.45) is 0. The van der Waals surface area contributed by atoms with Gasteiger partial charge in [-0.2, -0.15) is 0 Å². The Balaban J connectivity index is 1.23. The van der Waals surface area contributed by atoms with Crippen molar-refractivity contribution in [2.75, 3.05) is 0 Å². The number of hydrogen-bond donors (Lipinski definition) is 0. The smallest absolute Gasteiger partial charge is 0.135 e. The lowest BCUT2D eigenvalue weighted by atomic mass is 9.81. The van der Waals surface area contributed by atoms with E-state index in [0.717, 1.165) is 38.8 Å². The SMILES string of the molecule is [2H]c1c([2H])c([2H])c(-c2ccc3c(c2)-c2cc(-c4ccc5c(c4)C(C)(C)c4cc6ccccc6cc4-5)cc4cccc(c24)O3)c([2H])c1[2H]. The first kappa shape index (κ1) is 19.1. The fraction of sp³-hybridized carbons (Fsp3) is 0.0732. The molecule has 9 rings (SSSR count). The van der Waals surface area contributed by atoms with E-state index in [-0.39, 0.29) is 35.1 Å². The van der Waals surface area contributed by atoms with Gasteiger partial charge in [0.1, 0.15) is 11.5 Å². The molecular weight excluding hydrogens is 508 g/mol. The Bertz CT molecular complexity index is 2500. The maximum Gasteiger partial charge on any atom is 0.135 e. The number of ether oxygens (including phenoxy) is 1. The zero-order valence-electron chi connectivity index (χ0n) is 28.2. The Morgan fingerprint density at radius 1 is 0.500 bits per heavy atom. The third-order valence-corrected chi connectivity index (χ3v) is 9.09. The summed E-state index contributed by atoms with van der Waals surface area (Å²) < 4.78 is 48.0. The van der Waals surface area contributed by atoms with Crippen molar-refractivity contribution in [1.29, 1.82) is 0 Å². The second kappa shape index (κ2) is 8.44. The average molecular weight is 542 g/mol. The number of fused-ring (bicyclic) bond motifs is 6. The van der Waals surface area contributed by atoms with Gasteiger partial charge in [0, 0.05) is 16.4 Å². The average Bonchev–Trinajstić information content (AvgIpc) is 3.30. The number of hydrogen-bond acceptors (Lipinski definition) is 1. The van der Waals surface area contributed by atoms with Gasteiger partial charge in [-0.1, -0.05) is 98.7 Å². The molecular formula is C41H28O. The first-order valence-electron chi connectivity index (χ1n) is 16.8. The summed E-state index contributed by atoms with van der Waals surface area (Å²) in [4.78, 5) is 0. The highest BCUT2D eigenvalue weighted by Gasteiger charge is 2.36. The van der Waals surface area contributed by atoms with Crippen LogP contribution < -0.4 is 4.74 Å². The normalized spacial score (nSPS) is 15.5. The first-order chi connectivity index (χ1) is 22.6. The summed E-state index contributed by atoms with van der Waals surface area (Å²) in [6.45, 7) is 4.61. The van der Waals surface area contributed by atoms with Gasteiger partial charge in [-0.25, -0.2) is 0 Å². The van der Waals surface area contributed by atoms with Crippen molar-refractivity contribution in [2.45, 2.75) is 19.3 Å². The summed E-state index contributed by atoms with van der Waals surface area (Å²) >= 11 is 0. The summed E-state index contributed by atoms with van der Waals surface area (Å²) in [6, 6.07) is 34.4. The molecule has 0 aromatic heterocycles. The minimum Gasteiger partial charge on any atom is -0.456 e. The van der Waals surface area contributed by atoms with E-state index in [1.807, 2.05) is 24.3 Å². The van der Waals surface area contributed by atoms with E-state index < -0.39 is 6.04 Å². The molecule has 0 N–H and O–H groups in total. The van der Waals surface area contributed by atoms with Crippen LogP contribution in [0.3, 0.4) is 0 Å². The molecule has 1 aliphatic heterocycles. The maximum atomic E-state index is 8.57. The molecule has 0 unspecified atom stereocenters. The van der Waals surface area contributed by atoms with E-state index in [2.05, 4.69) is 86.6 Å². The van der Waals surface area contributed by atoms with E-state index in [0.29, 0.717) is 11.3 Å². The Labute approximate surface area is 252 Å². The summed E-state index contributed by atoms with van der Waals surface area (Å²) in [5, 5.41) is 4.53. The third kappa shape index (κ3) is 3.31. The molecule has 7 aromatic carbocycles. The lowest BCUT2D eigenvalue weighted by Gasteiger charge is -2.24. The molecule has 7 aromatic rings. The van der Waals surface area contributed by atoms with Crippen molar-refractivity contribution >= 4 is 21.5 Å². The zero-order valence-corrected chi connectivity index (χ0v) is 23.2. The highest BCUT2D eigenvalue weighted by Crippen LogP contribution is 2.52. The van der Waals surface area contributed by atoms with Crippen LogP contribution in [0.1, 0.15) is 31.8 Å². The predicted molar refractivity (Wildman–Crippen MR) is 175 cm³/mol. The predicted octanol–water partition coefficient (Wildman–Crippen LogP) is 11.4. The van der Waals surface area contributed by atoms with Gasteiger partial charge in [-0.05, 0) is 115 Å². The fourth-order valence-electron chi connectivity index (χ4n) is 6.96. The summed E-state index contributed by atoms with van der Waals surface area (Å²) in [5.74, 6) is 1.43. The second-order valence-corrected chi connectivity index (χ2v) is 11.8. The van der Waals surface area contributed by atoms with Crippen LogP contribution in [-0.2, 0) is 5.41 Å². The van der Waals surface area contributed by atoms with Crippen molar-refractivity contribution in [3.63, 3.8) is 0 Å². The lowest BCUT2D eigenvalue weighted by Crippen LogP contribution is -2.15. The van der Waals surface area contributed by atoms with E-state index in [9.17, 15) is 0 Å². The van der Waals surface area contributed by atoms with Crippen LogP contribution in [0.25, 0.3) is 66.1 Å². The number of rotatable bonds is 2. The van der Waals surface area contributed by atoms with E-state index in [1.165, 1.54) is 33.0 Å². The third-order valence-electron chi connectivity index (χ3n) is 9.09. The fourth-order valence-corrected chi connectivity index (χ4v) is 6.96. The van der Waals surface area contributed by atoms with Gasteiger partial charge < -0.3 is 4.74 Å². The largest absolute Gasteiger partial charge is 0.456 e. The van der Waals surface area contributed by atoms with Crippen LogP contribution in [0.2, 0.25) is 0 Å². The molecule has 0 bridgehead atoms. The summed E-state index contributed by atoms with van der Waals surface area (Å²) in [7, 11) is 0. The molecule has 1 nitrogen and oxygen atoms in total. The van der Waals surface area contributed by atoms with Gasteiger partial charge >= 0.3 is 0 Å². The van der Waals surface area contributed by atoms with Crippen molar-refractivity contribution < 1.29 is 11.6 Å². The maximum absolute atomic E-state index is 8.57. The Kier molecular flexibility index (Phi) is 3.83. The number of benzene rings is 7. The van der Waals surface area contributed by atoms with Crippen molar-refractivity contribution in [2.24, 2.45) is 0 Å². The molecule has 0 fully saturated rings. The minimum absolute atomic E-state index is 0.164. The highest BCUT2D eigenvalue weighted by atomic mass is 16.5. The quantitative estimate of drug-likeness (QED) is 0.211. The van der Waals surface area contributed by atoms with Crippen LogP contribution in [0.4, 0.5) is 0 Å². The van der Waals surface area contributed by atoms with Crippen LogP contribution in [0, 0.1) is 0 Å². The van der Waals surface area contributed by atoms with Gasteiger partial charge in [-0.15, -0.1) is 0 Å². The molecule has 2 aliphatic rings. The molecule has 198 valence electrons. The molecule has 1 aliphatic carbocycles. The van der Waals surface area contributed by atoms with Gasteiger partial charge in [0.05, 0.1) is 6.85 Å². The van der Waals surface area contributed by atoms with Crippen molar-refractivity contribution in [3.05, 3.63) is 144 Å². The molecule has 1 heterocycles. The summed E-state index contributed by atoms with van der Waals surface area (Å²) in [5.41, 5.74) is 9.76. The Morgan fingerprint density at radius 3 is 2.07 bits per heavy atom. The Morgan fingerprint density at radius 2 is 1.21 bits per heavy atom. The van der Waals surface area contributed by atoms with Crippen LogP contribution in [-0.4, -0.2) is 0 Å². The monoisotopic (exact) mass is 541 g/mol. The van der Waals surface area contributed by atoms with E-state index >= 15 is 0 Å². The zero-order chi connectivity index (χ0) is 32.4. The van der Waals surface area contributed by atoms with E-state index in [1.54, 1.807) is 6.07 Å². The molecule has 0 saturated heterocycles. The minimum atomic E-state index is -0.401. The Hall–Kier alpha value is -5.14. The van der Waals surface area contributed by atoms with Gasteiger partial charge in [0.2, 0.25) is 0 Å². The molecule has 0 atom stereocenters. The molecule has 0 amide bonds. The first-order valence-corrected chi connectivity index (χ1v) is 14.3. The molecule has 0 radical (unpaired) electrons. The van der Waals surface area contributed by atoms with Gasteiger partial charge in [-0.3, -0.25) is 0 Å². The van der Waals surface area contributed by atoms with Gasteiger partial charge in [0.25, 0.3) is 0 Å². The van der Waals surface area contributed by atoms with E-state index in [4.69, 9.17) is 11.6 Å². The molecule has 0 saturated carbocycles. The van der Waals surface area contributed by atoms with Crippen LogP contribution in [0.15, 0.2) is 133 Å².